The summed E-state index contributed by atoms with van der Waals surface area (Å²) in [4.78, 5) is 0. The van der Waals surface area contributed by atoms with Crippen LogP contribution in [0.1, 0.15) is 27.2 Å². The van der Waals surface area contributed by atoms with Crippen molar-refractivity contribution >= 4 is 6.21 Å². The molecule has 1 rings (SSSR count). The van der Waals surface area contributed by atoms with Crippen LogP contribution in [0.25, 0.3) is 0 Å². The summed E-state index contributed by atoms with van der Waals surface area (Å²) in [6, 6.07) is 0. The number of nitrogens with zero attached hydrogens (tertiary/aromatic N) is 1. The molecule has 0 aliphatic heterocycles. The van der Waals surface area contributed by atoms with E-state index in [-0.39, 0.29) is 0 Å². The summed E-state index contributed by atoms with van der Waals surface area (Å²) in [5.74, 6) is 1.50. The topological polar surface area (TPSA) is 32.6 Å². The van der Waals surface area contributed by atoms with Gasteiger partial charge < -0.3 is 5.21 Å². The van der Waals surface area contributed by atoms with Gasteiger partial charge >= 0.3 is 0 Å². The molecular formula is C10H17NO. The van der Waals surface area contributed by atoms with Gasteiger partial charge in [-0.05, 0) is 25.2 Å². The molecule has 0 amide bonds. The van der Waals surface area contributed by atoms with E-state index in [1.54, 1.807) is 6.21 Å². The summed E-state index contributed by atoms with van der Waals surface area (Å²) >= 11 is 0. The molecule has 0 spiro atoms. The first-order valence-corrected chi connectivity index (χ1v) is 4.50. The van der Waals surface area contributed by atoms with Crippen molar-refractivity contribution in [3.63, 3.8) is 0 Å². The van der Waals surface area contributed by atoms with Gasteiger partial charge in [0.1, 0.15) is 0 Å². The summed E-state index contributed by atoms with van der Waals surface area (Å²) in [7, 11) is 0. The van der Waals surface area contributed by atoms with Crippen molar-refractivity contribution in [3.05, 3.63) is 11.6 Å². The molecular weight excluding hydrogens is 150 g/mol. The fourth-order valence-corrected chi connectivity index (χ4v) is 2.15. The predicted octanol–water partition coefficient (Wildman–Crippen LogP) is 2.68. The standard InChI is InChI=1S/C10H17NO/c1-7-4-8(2)10(6-11-12)9(3)5-7/h4,6,8-10,12H,5H2,1-3H3/b11-6-/t8-,9-,10+/m0/s1. The smallest absolute Gasteiger partial charge is 0.0475 e. The van der Waals surface area contributed by atoms with Crippen molar-refractivity contribution < 1.29 is 5.21 Å². The number of allylic oxidation sites excluding steroid dienone is 2. The third-order valence-electron chi connectivity index (χ3n) is 2.69. The Bertz CT molecular complexity index is 208. The first-order valence-electron chi connectivity index (χ1n) is 4.50. The van der Waals surface area contributed by atoms with Gasteiger partial charge in [-0.2, -0.15) is 0 Å². The molecule has 0 aromatic heterocycles. The Labute approximate surface area is 74.0 Å². The molecule has 1 N–H and O–H groups in total. The molecule has 0 saturated heterocycles. The Kier molecular flexibility index (Phi) is 2.90. The van der Waals surface area contributed by atoms with Crippen LogP contribution in [-0.2, 0) is 0 Å². The van der Waals surface area contributed by atoms with Crippen molar-refractivity contribution in [2.75, 3.05) is 0 Å². The SMILES string of the molecule is CC1=C[C@H](C)[C@@H](/C=N\O)[C@@H](C)C1. The third-order valence-corrected chi connectivity index (χ3v) is 2.69. The summed E-state index contributed by atoms with van der Waals surface area (Å²) in [5, 5.41) is 11.6. The quantitative estimate of drug-likeness (QED) is 0.277. The van der Waals surface area contributed by atoms with E-state index in [0.717, 1.165) is 6.42 Å². The molecule has 0 unspecified atom stereocenters. The highest BCUT2D eigenvalue weighted by molar-refractivity contribution is 5.61. The molecule has 0 aromatic rings. The summed E-state index contributed by atoms with van der Waals surface area (Å²) < 4.78 is 0. The lowest BCUT2D eigenvalue weighted by molar-refractivity contribution is 0.303. The second kappa shape index (κ2) is 3.74. The zero-order valence-electron chi connectivity index (χ0n) is 7.99. The first-order chi connectivity index (χ1) is 5.65. The van der Waals surface area contributed by atoms with E-state index < -0.39 is 0 Å². The van der Waals surface area contributed by atoms with E-state index in [1.807, 2.05) is 0 Å². The maximum Gasteiger partial charge on any atom is 0.0475 e. The van der Waals surface area contributed by atoms with E-state index in [2.05, 4.69) is 32.0 Å². The van der Waals surface area contributed by atoms with Crippen LogP contribution in [0.15, 0.2) is 16.8 Å². The third kappa shape index (κ3) is 1.87. The van der Waals surface area contributed by atoms with Gasteiger partial charge in [0.15, 0.2) is 0 Å². The average Bonchev–Trinajstić information content (AvgIpc) is 1.96. The maximum atomic E-state index is 8.47. The summed E-state index contributed by atoms with van der Waals surface area (Å²) in [6.45, 7) is 6.55. The zero-order valence-corrected chi connectivity index (χ0v) is 7.99. The van der Waals surface area contributed by atoms with E-state index in [0.29, 0.717) is 17.8 Å². The van der Waals surface area contributed by atoms with Gasteiger partial charge in [0.2, 0.25) is 0 Å². The van der Waals surface area contributed by atoms with Crippen LogP contribution in [0.2, 0.25) is 0 Å². The molecule has 68 valence electrons. The van der Waals surface area contributed by atoms with Crippen LogP contribution < -0.4 is 0 Å². The van der Waals surface area contributed by atoms with Crippen LogP contribution in [0.5, 0.6) is 0 Å². The van der Waals surface area contributed by atoms with Crippen LogP contribution >= 0.6 is 0 Å². The van der Waals surface area contributed by atoms with Crippen molar-refractivity contribution in [2.45, 2.75) is 27.2 Å². The molecule has 1 aliphatic carbocycles. The Hall–Kier alpha value is -0.790. The number of oxime groups is 1. The average molecular weight is 167 g/mol. The van der Waals surface area contributed by atoms with Crippen molar-refractivity contribution in [3.8, 4) is 0 Å². The van der Waals surface area contributed by atoms with Crippen LogP contribution in [-0.4, -0.2) is 11.4 Å². The summed E-state index contributed by atoms with van der Waals surface area (Å²) in [6.07, 6.45) is 5.06. The van der Waals surface area contributed by atoms with Gasteiger partial charge in [0.25, 0.3) is 0 Å². The van der Waals surface area contributed by atoms with Crippen LogP contribution in [0, 0.1) is 17.8 Å². The number of rotatable bonds is 1. The number of hydrogen-bond donors (Lipinski definition) is 1. The van der Waals surface area contributed by atoms with Crippen LogP contribution in [0.3, 0.4) is 0 Å². The Morgan fingerprint density at radius 1 is 1.58 bits per heavy atom. The Morgan fingerprint density at radius 3 is 2.75 bits per heavy atom. The summed E-state index contributed by atoms with van der Waals surface area (Å²) in [5.41, 5.74) is 1.46. The van der Waals surface area contributed by atoms with Crippen molar-refractivity contribution in [1.29, 1.82) is 0 Å². The van der Waals surface area contributed by atoms with Gasteiger partial charge in [-0.15, -0.1) is 5.16 Å². The maximum absolute atomic E-state index is 8.47. The molecule has 0 bridgehead atoms. The van der Waals surface area contributed by atoms with E-state index in [9.17, 15) is 0 Å². The second-order valence-electron chi connectivity index (χ2n) is 3.90. The number of hydrogen-bond acceptors (Lipinski definition) is 2. The molecule has 3 atom stereocenters. The molecule has 1 aliphatic rings. The largest absolute Gasteiger partial charge is 0.411 e. The lowest BCUT2D eigenvalue weighted by Crippen LogP contribution is -2.24. The lowest BCUT2D eigenvalue weighted by atomic mass is 9.76. The minimum Gasteiger partial charge on any atom is -0.411 e. The monoisotopic (exact) mass is 167 g/mol. The van der Waals surface area contributed by atoms with E-state index >= 15 is 0 Å². The van der Waals surface area contributed by atoms with Gasteiger partial charge in [-0.1, -0.05) is 25.5 Å². The van der Waals surface area contributed by atoms with Gasteiger partial charge in [0.05, 0.1) is 0 Å². The molecule has 0 saturated carbocycles. The fourth-order valence-electron chi connectivity index (χ4n) is 2.15. The van der Waals surface area contributed by atoms with Gasteiger partial charge in [-0.25, -0.2) is 0 Å². The zero-order chi connectivity index (χ0) is 9.14. The molecule has 2 nitrogen and oxygen atoms in total. The second-order valence-corrected chi connectivity index (χ2v) is 3.90. The van der Waals surface area contributed by atoms with Crippen molar-refractivity contribution in [1.82, 2.24) is 0 Å². The molecule has 0 heterocycles. The van der Waals surface area contributed by atoms with Gasteiger partial charge in [-0.3, -0.25) is 0 Å². The van der Waals surface area contributed by atoms with Crippen molar-refractivity contribution in [2.24, 2.45) is 22.9 Å². The van der Waals surface area contributed by atoms with Gasteiger partial charge in [0, 0.05) is 12.1 Å². The highest BCUT2D eigenvalue weighted by atomic mass is 16.4. The van der Waals surface area contributed by atoms with E-state index in [4.69, 9.17) is 5.21 Å². The highest BCUT2D eigenvalue weighted by Gasteiger charge is 2.25. The fraction of sp³-hybridized carbons (Fsp3) is 0.700. The molecule has 0 aromatic carbocycles. The molecule has 0 radical (unpaired) electrons. The minimum atomic E-state index is 0.402. The molecule has 12 heavy (non-hydrogen) atoms. The molecule has 0 fully saturated rings. The highest BCUT2D eigenvalue weighted by Crippen LogP contribution is 2.31. The van der Waals surface area contributed by atoms with E-state index in [1.165, 1.54) is 5.57 Å². The normalized spacial score (nSPS) is 36.9. The first kappa shape index (κ1) is 9.30. The predicted molar refractivity (Wildman–Crippen MR) is 50.5 cm³/mol. The lowest BCUT2D eigenvalue weighted by Gasteiger charge is -2.29. The molecule has 2 heteroatoms. The Morgan fingerprint density at radius 2 is 2.25 bits per heavy atom. The van der Waals surface area contributed by atoms with Crippen LogP contribution in [0.4, 0.5) is 0 Å². The Balaban J connectivity index is 2.75. The minimum absolute atomic E-state index is 0.402.